The van der Waals surface area contributed by atoms with E-state index in [4.69, 9.17) is 5.11 Å². The molecule has 0 spiro atoms. The fraction of sp³-hybridized carbons (Fsp3) is 0.214. The van der Waals surface area contributed by atoms with E-state index in [9.17, 15) is 9.18 Å². The van der Waals surface area contributed by atoms with Crippen molar-refractivity contribution < 1.29 is 14.3 Å². The first-order valence-electron chi connectivity index (χ1n) is 6.06. The van der Waals surface area contributed by atoms with Gasteiger partial charge in [0.2, 0.25) is 0 Å². The summed E-state index contributed by atoms with van der Waals surface area (Å²) in [7, 11) is 0. The van der Waals surface area contributed by atoms with Crippen LogP contribution in [0, 0.1) is 12.7 Å². The van der Waals surface area contributed by atoms with Crippen LogP contribution in [0.4, 0.5) is 10.2 Å². The van der Waals surface area contributed by atoms with Crippen molar-refractivity contribution in [2.45, 2.75) is 19.9 Å². The molecule has 1 aromatic heterocycles. The topological polar surface area (TPSA) is 75.1 Å². The Morgan fingerprint density at radius 2 is 2.15 bits per heavy atom. The van der Waals surface area contributed by atoms with Gasteiger partial charge in [-0.15, -0.1) is 5.10 Å². The van der Waals surface area contributed by atoms with Crippen LogP contribution in [-0.2, 0) is 0 Å². The lowest BCUT2D eigenvalue weighted by atomic mass is 10.1. The maximum absolute atomic E-state index is 13.5. The van der Waals surface area contributed by atoms with Crippen LogP contribution in [0.1, 0.15) is 34.5 Å². The highest BCUT2D eigenvalue weighted by atomic mass is 19.1. The maximum Gasteiger partial charge on any atom is 0.339 e. The molecule has 0 aliphatic heterocycles. The van der Waals surface area contributed by atoms with Crippen molar-refractivity contribution in [3.05, 3.63) is 53.0 Å². The van der Waals surface area contributed by atoms with Crippen molar-refractivity contribution in [1.29, 1.82) is 0 Å². The van der Waals surface area contributed by atoms with E-state index in [0.717, 1.165) is 0 Å². The molecule has 1 aromatic carbocycles. The van der Waals surface area contributed by atoms with Crippen LogP contribution >= 0.6 is 0 Å². The predicted molar refractivity (Wildman–Crippen MR) is 72.2 cm³/mol. The van der Waals surface area contributed by atoms with Gasteiger partial charge in [0.1, 0.15) is 11.4 Å². The zero-order chi connectivity index (χ0) is 14.7. The molecule has 2 rings (SSSR count). The summed E-state index contributed by atoms with van der Waals surface area (Å²) in [5.41, 5.74) is 1.29. The van der Waals surface area contributed by atoms with Gasteiger partial charge in [-0.25, -0.2) is 9.18 Å². The minimum Gasteiger partial charge on any atom is -0.478 e. The third kappa shape index (κ3) is 2.90. The van der Waals surface area contributed by atoms with Crippen LogP contribution in [0.2, 0.25) is 0 Å². The monoisotopic (exact) mass is 275 g/mol. The molecule has 0 aliphatic rings. The van der Waals surface area contributed by atoms with Crippen LogP contribution < -0.4 is 5.32 Å². The molecule has 0 bridgehead atoms. The number of anilines is 1. The van der Waals surface area contributed by atoms with E-state index >= 15 is 0 Å². The van der Waals surface area contributed by atoms with Crippen molar-refractivity contribution in [3.63, 3.8) is 0 Å². The van der Waals surface area contributed by atoms with Crippen LogP contribution in [0.5, 0.6) is 0 Å². The molecule has 0 amide bonds. The standard InChI is InChI=1S/C14H14FN3O2/c1-8-3-4-10(7-12(8)15)9(2)17-13-11(14(19)20)5-6-16-18-13/h3-7,9H,1-2H3,(H,17,18)(H,19,20). The Balaban J connectivity index is 2.25. The van der Waals surface area contributed by atoms with Gasteiger partial charge >= 0.3 is 5.97 Å². The summed E-state index contributed by atoms with van der Waals surface area (Å²) in [6, 6.07) is 5.95. The van der Waals surface area contributed by atoms with Gasteiger partial charge in [-0.05, 0) is 37.1 Å². The Labute approximate surface area is 115 Å². The second-order valence-electron chi connectivity index (χ2n) is 4.47. The van der Waals surface area contributed by atoms with E-state index in [1.54, 1.807) is 26.0 Å². The second-order valence-corrected chi connectivity index (χ2v) is 4.47. The number of nitrogens with zero attached hydrogens (tertiary/aromatic N) is 2. The van der Waals surface area contributed by atoms with Gasteiger partial charge in [0.05, 0.1) is 12.2 Å². The summed E-state index contributed by atoms with van der Waals surface area (Å²) >= 11 is 0. The van der Waals surface area contributed by atoms with Crippen molar-refractivity contribution >= 4 is 11.8 Å². The second kappa shape index (κ2) is 5.64. The Hall–Kier alpha value is -2.50. The van der Waals surface area contributed by atoms with Gasteiger partial charge in [0, 0.05) is 0 Å². The number of hydrogen-bond acceptors (Lipinski definition) is 4. The van der Waals surface area contributed by atoms with E-state index in [-0.39, 0.29) is 23.2 Å². The lowest BCUT2D eigenvalue weighted by Crippen LogP contribution is -2.13. The number of aromatic nitrogens is 2. The number of carboxylic acid groups (broad SMARTS) is 1. The largest absolute Gasteiger partial charge is 0.478 e. The summed E-state index contributed by atoms with van der Waals surface area (Å²) in [5, 5.41) is 19.4. The molecule has 0 saturated heterocycles. The number of aryl methyl sites for hydroxylation is 1. The first kappa shape index (κ1) is 13.9. The first-order valence-corrected chi connectivity index (χ1v) is 6.06. The number of hydrogen-bond donors (Lipinski definition) is 2. The smallest absolute Gasteiger partial charge is 0.339 e. The van der Waals surface area contributed by atoms with Crippen molar-refractivity contribution in [3.8, 4) is 0 Å². The third-order valence-corrected chi connectivity index (χ3v) is 3.00. The SMILES string of the molecule is Cc1ccc(C(C)Nc2nnccc2C(=O)O)cc1F. The third-order valence-electron chi connectivity index (χ3n) is 3.00. The zero-order valence-corrected chi connectivity index (χ0v) is 11.1. The Morgan fingerprint density at radius 3 is 2.80 bits per heavy atom. The van der Waals surface area contributed by atoms with Crippen LogP contribution in [0.25, 0.3) is 0 Å². The van der Waals surface area contributed by atoms with E-state index in [1.807, 2.05) is 0 Å². The summed E-state index contributed by atoms with van der Waals surface area (Å²) in [6.45, 7) is 3.48. The highest BCUT2D eigenvalue weighted by Gasteiger charge is 2.15. The average Bonchev–Trinajstić information content (AvgIpc) is 2.42. The molecule has 20 heavy (non-hydrogen) atoms. The quantitative estimate of drug-likeness (QED) is 0.897. The van der Waals surface area contributed by atoms with E-state index < -0.39 is 5.97 Å². The zero-order valence-electron chi connectivity index (χ0n) is 11.1. The molecule has 2 N–H and O–H groups in total. The highest BCUT2D eigenvalue weighted by molar-refractivity contribution is 5.92. The number of carboxylic acids is 1. The predicted octanol–water partition coefficient (Wildman–Crippen LogP) is 2.80. The highest BCUT2D eigenvalue weighted by Crippen LogP contribution is 2.21. The van der Waals surface area contributed by atoms with Gasteiger partial charge in [0.15, 0.2) is 5.82 Å². The molecule has 104 valence electrons. The Bertz CT molecular complexity index is 646. The van der Waals surface area contributed by atoms with Crippen LogP contribution in [0.3, 0.4) is 0 Å². The molecule has 2 aromatic rings. The Morgan fingerprint density at radius 1 is 1.40 bits per heavy atom. The Kier molecular flexibility index (Phi) is 3.93. The minimum atomic E-state index is -1.09. The lowest BCUT2D eigenvalue weighted by molar-refractivity contribution is 0.0697. The fourth-order valence-electron chi connectivity index (χ4n) is 1.78. The van der Waals surface area contributed by atoms with Gasteiger partial charge in [-0.3, -0.25) is 0 Å². The van der Waals surface area contributed by atoms with E-state index in [0.29, 0.717) is 11.1 Å². The summed E-state index contributed by atoms with van der Waals surface area (Å²) in [5.74, 6) is -1.23. The number of halogens is 1. The number of carbonyl (C=O) groups is 1. The van der Waals surface area contributed by atoms with E-state index in [2.05, 4.69) is 15.5 Å². The average molecular weight is 275 g/mol. The van der Waals surface area contributed by atoms with Crippen molar-refractivity contribution in [1.82, 2.24) is 10.2 Å². The van der Waals surface area contributed by atoms with Crippen molar-refractivity contribution in [2.24, 2.45) is 0 Å². The fourth-order valence-corrected chi connectivity index (χ4v) is 1.78. The van der Waals surface area contributed by atoms with Crippen LogP contribution in [-0.4, -0.2) is 21.3 Å². The van der Waals surface area contributed by atoms with Gasteiger partial charge in [-0.2, -0.15) is 5.10 Å². The normalized spacial score (nSPS) is 11.9. The molecule has 5 nitrogen and oxygen atoms in total. The molecular weight excluding hydrogens is 261 g/mol. The van der Waals surface area contributed by atoms with E-state index in [1.165, 1.54) is 18.3 Å². The molecule has 1 unspecified atom stereocenters. The molecule has 0 saturated carbocycles. The lowest BCUT2D eigenvalue weighted by Gasteiger charge is -2.16. The number of benzene rings is 1. The molecule has 1 atom stereocenters. The molecule has 0 fully saturated rings. The van der Waals surface area contributed by atoms with Crippen LogP contribution in [0.15, 0.2) is 30.5 Å². The molecule has 1 heterocycles. The molecule has 6 heteroatoms. The summed E-state index contributed by atoms with van der Waals surface area (Å²) in [6.07, 6.45) is 1.31. The van der Waals surface area contributed by atoms with Gasteiger partial charge in [0.25, 0.3) is 0 Å². The number of aromatic carboxylic acids is 1. The molecule has 0 radical (unpaired) electrons. The summed E-state index contributed by atoms with van der Waals surface area (Å²) in [4.78, 5) is 11.1. The maximum atomic E-state index is 13.5. The van der Waals surface area contributed by atoms with Gasteiger partial charge in [-0.1, -0.05) is 12.1 Å². The molecule has 0 aliphatic carbocycles. The number of nitrogens with one attached hydrogen (secondary N) is 1. The molecular formula is C14H14FN3O2. The minimum absolute atomic E-state index is 0.0273. The first-order chi connectivity index (χ1) is 9.49. The number of rotatable bonds is 4. The van der Waals surface area contributed by atoms with Gasteiger partial charge < -0.3 is 10.4 Å². The summed E-state index contributed by atoms with van der Waals surface area (Å²) < 4.78 is 13.5. The van der Waals surface area contributed by atoms with Crippen molar-refractivity contribution in [2.75, 3.05) is 5.32 Å².